The van der Waals surface area contributed by atoms with Gasteiger partial charge < -0.3 is 4.74 Å². The minimum atomic E-state index is 0.0571. The lowest BCUT2D eigenvalue weighted by atomic mass is 10.3. The van der Waals surface area contributed by atoms with Crippen LogP contribution in [0.1, 0.15) is 25.5 Å². The molecule has 4 nitrogen and oxygen atoms in total. The van der Waals surface area contributed by atoms with Crippen molar-refractivity contribution < 1.29 is 4.74 Å². The predicted molar refractivity (Wildman–Crippen MR) is 96.4 cm³/mol. The number of aryl methyl sites for hydroxylation is 1. The highest BCUT2D eigenvalue weighted by Gasteiger charge is 2.22. The molecule has 3 rings (SSSR count). The largest absolute Gasteiger partial charge is 0.497 e. The van der Waals surface area contributed by atoms with E-state index < -0.39 is 0 Å². The first kappa shape index (κ1) is 16.5. The van der Waals surface area contributed by atoms with Gasteiger partial charge in [0.2, 0.25) is 0 Å². The summed E-state index contributed by atoms with van der Waals surface area (Å²) < 4.78 is 6.95. The fourth-order valence-corrected chi connectivity index (χ4v) is 4.59. The van der Waals surface area contributed by atoms with Crippen LogP contribution in [-0.4, -0.2) is 28.2 Å². The molecule has 0 amide bonds. The van der Waals surface area contributed by atoms with E-state index in [1.807, 2.05) is 24.3 Å². The first-order valence-electron chi connectivity index (χ1n) is 7.80. The molecule has 23 heavy (non-hydrogen) atoms. The summed E-state index contributed by atoms with van der Waals surface area (Å²) in [6.45, 7) is 2.17. The van der Waals surface area contributed by atoms with Gasteiger partial charge in [-0.15, -0.1) is 11.8 Å². The van der Waals surface area contributed by atoms with Crippen molar-refractivity contribution in [1.29, 1.82) is 0 Å². The van der Waals surface area contributed by atoms with E-state index >= 15 is 0 Å². The van der Waals surface area contributed by atoms with E-state index in [4.69, 9.17) is 9.72 Å². The van der Waals surface area contributed by atoms with Crippen LogP contribution < -0.4 is 10.3 Å². The number of benzene rings is 1. The second-order valence-corrected chi connectivity index (χ2v) is 7.48. The Kier molecular flexibility index (Phi) is 5.33. The Morgan fingerprint density at radius 2 is 2.13 bits per heavy atom. The van der Waals surface area contributed by atoms with E-state index in [2.05, 4.69) is 6.92 Å². The van der Waals surface area contributed by atoms with E-state index in [1.165, 1.54) is 0 Å². The third kappa shape index (κ3) is 3.43. The number of hydrogen-bond donors (Lipinski definition) is 0. The van der Waals surface area contributed by atoms with Crippen molar-refractivity contribution in [2.24, 2.45) is 0 Å². The molecule has 2 aromatic rings. The van der Waals surface area contributed by atoms with E-state index in [1.54, 1.807) is 35.2 Å². The highest BCUT2D eigenvalue weighted by Crippen LogP contribution is 2.30. The van der Waals surface area contributed by atoms with Crippen LogP contribution in [0.5, 0.6) is 5.75 Å². The van der Waals surface area contributed by atoms with Crippen LogP contribution in [0.25, 0.3) is 5.69 Å². The molecule has 6 heteroatoms. The average molecular weight is 348 g/mol. The lowest BCUT2D eigenvalue weighted by Gasteiger charge is -2.14. The number of hydrogen-bond acceptors (Lipinski definition) is 5. The maximum Gasteiger partial charge on any atom is 0.272 e. The maximum atomic E-state index is 12.9. The van der Waals surface area contributed by atoms with Gasteiger partial charge in [-0.05, 0) is 30.7 Å². The summed E-state index contributed by atoms with van der Waals surface area (Å²) in [5.41, 5.74) is 1.86. The number of methoxy groups -OCH3 is 1. The van der Waals surface area contributed by atoms with Crippen molar-refractivity contribution >= 4 is 23.5 Å². The third-order valence-corrected chi connectivity index (χ3v) is 5.86. The zero-order chi connectivity index (χ0) is 16.2. The van der Waals surface area contributed by atoms with E-state index in [0.717, 1.165) is 58.0 Å². The second kappa shape index (κ2) is 7.45. The van der Waals surface area contributed by atoms with E-state index in [9.17, 15) is 4.79 Å². The fraction of sp³-hybridized carbons (Fsp3) is 0.412. The quantitative estimate of drug-likeness (QED) is 0.451. The summed E-state index contributed by atoms with van der Waals surface area (Å²) in [4.78, 5) is 18.5. The van der Waals surface area contributed by atoms with Gasteiger partial charge in [-0.1, -0.05) is 25.1 Å². The summed E-state index contributed by atoms with van der Waals surface area (Å²) >= 11 is 3.29. The normalized spacial score (nSPS) is 13.1. The highest BCUT2D eigenvalue weighted by molar-refractivity contribution is 7.99. The first-order valence-corrected chi connectivity index (χ1v) is 9.77. The van der Waals surface area contributed by atoms with Crippen LogP contribution in [-0.2, 0) is 6.42 Å². The molecule has 0 fully saturated rings. The number of fused-ring (bicyclic) bond motifs is 1. The van der Waals surface area contributed by atoms with Crippen molar-refractivity contribution in [3.8, 4) is 11.4 Å². The zero-order valence-corrected chi connectivity index (χ0v) is 15.0. The number of ether oxygens (including phenoxy) is 1. The molecule has 0 unspecified atom stereocenters. The molecule has 1 aromatic carbocycles. The highest BCUT2D eigenvalue weighted by atomic mass is 32.2. The van der Waals surface area contributed by atoms with Gasteiger partial charge in [-0.25, -0.2) is 4.98 Å². The summed E-state index contributed by atoms with van der Waals surface area (Å²) in [7, 11) is 1.64. The molecule has 122 valence electrons. The van der Waals surface area contributed by atoms with Crippen molar-refractivity contribution in [3.05, 3.63) is 40.3 Å². The van der Waals surface area contributed by atoms with Gasteiger partial charge in [0.1, 0.15) is 5.75 Å². The molecule has 0 radical (unpaired) electrons. The van der Waals surface area contributed by atoms with Crippen LogP contribution in [0.3, 0.4) is 0 Å². The number of nitrogens with zero attached hydrogens (tertiary/aromatic N) is 2. The topological polar surface area (TPSA) is 44.1 Å². The Balaban J connectivity index is 2.06. The fourth-order valence-electron chi connectivity index (χ4n) is 2.46. The van der Waals surface area contributed by atoms with Crippen molar-refractivity contribution in [1.82, 2.24) is 9.55 Å². The van der Waals surface area contributed by atoms with Gasteiger partial charge in [0, 0.05) is 17.9 Å². The summed E-state index contributed by atoms with van der Waals surface area (Å²) in [6, 6.07) is 7.58. The molecule has 1 aromatic heterocycles. The Bertz CT molecular complexity index is 741. The molecule has 0 saturated carbocycles. The maximum absolute atomic E-state index is 12.9. The number of rotatable bonds is 6. The summed E-state index contributed by atoms with van der Waals surface area (Å²) in [5.74, 6) is 2.71. The molecular weight excluding hydrogens is 328 g/mol. The van der Waals surface area contributed by atoms with Crippen LogP contribution in [0.15, 0.2) is 39.1 Å². The number of unbranched alkanes of at least 4 members (excludes halogenated alkanes) is 1. The number of thioether (sulfide) groups is 2. The zero-order valence-electron chi connectivity index (χ0n) is 13.4. The SMILES string of the molecule is CCCCSc1nc2c(c(=O)n1-c1ccc(OC)cc1)SCC2. The molecular formula is C17H20N2O2S2. The predicted octanol–water partition coefficient (Wildman–Crippen LogP) is 3.78. The van der Waals surface area contributed by atoms with Gasteiger partial charge in [-0.3, -0.25) is 9.36 Å². The van der Waals surface area contributed by atoms with Gasteiger partial charge >= 0.3 is 0 Å². The molecule has 2 heterocycles. The monoisotopic (exact) mass is 348 g/mol. The Morgan fingerprint density at radius 1 is 1.35 bits per heavy atom. The average Bonchev–Trinajstić information content (AvgIpc) is 3.04. The Hall–Kier alpha value is -1.40. The van der Waals surface area contributed by atoms with Gasteiger partial charge in [-0.2, -0.15) is 0 Å². The number of aromatic nitrogens is 2. The Labute approximate surface area is 144 Å². The molecule has 1 aliphatic rings. The molecule has 0 aliphatic carbocycles. The first-order chi connectivity index (χ1) is 11.2. The minimum Gasteiger partial charge on any atom is -0.497 e. The van der Waals surface area contributed by atoms with Gasteiger partial charge in [0.05, 0.1) is 23.4 Å². The summed E-state index contributed by atoms with van der Waals surface area (Å²) in [5, 5.41) is 0.801. The molecule has 0 N–H and O–H groups in total. The lowest BCUT2D eigenvalue weighted by molar-refractivity contribution is 0.414. The smallest absolute Gasteiger partial charge is 0.272 e. The van der Waals surface area contributed by atoms with E-state index in [0.29, 0.717) is 0 Å². The molecule has 0 atom stereocenters. The van der Waals surface area contributed by atoms with Crippen molar-refractivity contribution in [2.75, 3.05) is 18.6 Å². The van der Waals surface area contributed by atoms with Gasteiger partial charge in [0.25, 0.3) is 5.56 Å². The second-order valence-electron chi connectivity index (χ2n) is 5.31. The van der Waals surface area contributed by atoms with Crippen LogP contribution in [0.2, 0.25) is 0 Å². The Morgan fingerprint density at radius 3 is 2.83 bits per heavy atom. The summed E-state index contributed by atoms with van der Waals surface area (Å²) in [6.07, 6.45) is 3.15. The van der Waals surface area contributed by atoms with E-state index in [-0.39, 0.29) is 5.56 Å². The minimum absolute atomic E-state index is 0.0571. The van der Waals surface area contributed by atoms with Crippen molar-refractivity contribution in [2.45, 2.75) is 36.2 Å². The molecule has 0 bridgehead atoms. The van der Waals surface area contributed by atoms with Crippen LogP contribution in [0.4, 0.5) is 0 Å². The van der Waals surface area contributed by atoms with Crippen LogP contribution >= 0.6 is 23.5 Å². The third-order valence-electron chi connectivity index (χ3n) is 3.73. The molecule has 0 saturated heterocycles. The van der Waals surface area contributed by atoms with Crippen LogP contribution in [0, 0.1) is 0 Å². The molecule has 1 aliphatic heterocycles. The van der Waals surface area contributed by atoms with Crippen molar-refractivity contribution in [3.63, 3.8) is 0 Å². The lowest BCUT2D eigenvalue weighted by Crippen LogP contribution is -2.23. The molecule has 0 spiro atoms. The van der Waals surface area contributed by atoms with Gasteiger partial charge in [0.15, 0.2) is 5.16 Å². The standard InChI is InChI=1S/C17H20N2O2S2/c1-3-4-10-23-17-18-14-9-11-22-15(14)16(20)19(17)12-5-7-13(21-2)8-6-12/h5-8H,3-4,9-11H2,1-2H3.